The largest absolute Gasteiger partial charge is 0.458 e. The van der Waals surface area contributed by atoms with Crippen LogP contribution in [0.5, 0.6) is 0 Å². The third-order valence-electron chi connectivity index (χ3n) is 5.21. The summed E-state index contributed by atoms with van der Waals surface area (Å²) in [6.07, 6.45) is 3.26. The van der Waals surface area contributed by atoms with Crippen molar-refractivity contribution in [3.8, 4) is 0 Å². The van der Waals surface area contributed by atoms with E-state index < -0.39 is 35.6 Å². The van der Waals surface area contributed by atoms with E-state index in [1.165, 1.54) is 6.07 Å². The van der Waals surface area contributed by atoms with Crippen LogP contribution in [-0.2, 0) is 14.3 Å². The van der Waals surface area contributed by atoms with Gasteiger partial charge in [0.1, 0.15) is 11.9 Å². The standard InChI is InChI=1S/C22H25ClF2N4O5/c1-2-8-33-21(19(26)30)29-18(27-20(31)13-9-15(24)16(25)10-14(13)23)11-17(28-29)22(32)34-12-6-4-3-5-7-12/h9-12,21H,2-8H2,1H3,(H2,26,30)(H,27,31). The van der Waals surface area contributed by atoms with Gasteiger partial charge in [0.25, 0.3) is 11.8 Å². The Morgan fingerprint density at radius 1 is 1.21 bits per heavy atom. The minimum atomic E-state index is -1.45. The Balaban J connectivity index is 1.92. The van der Waals surface area contributed by atoms with Crippen molar-refractivity contribution in [1.29, 1.82) is 0 Å². The van der Waals surface area contributed by atoms with Crippen molar-refractivity contribution < 1.29 is 32.6 Å². The van der Waals surface area contributed by atoms with Crippen LogP contribution < -0.4 is 11.1 Å². The smallest absolute Gasteiger partial charge is 0.359 e. The number of halogens is 3. The molecule has 0 radical (unpaired) electrons. The van der Waals surface area contributed by atoms with Crippen LogP contribution in [0.25, 0.3) is 0 Å². The maximum Gasteiger partial charge on any atom is 0.359 e. The predicted molar refractivity (Wildman–Crippen MR) is 118 cm³/mol. The summed E-state index contributed by atoms with van der Waals surface area (Å²) >= 11 is 5.89. The van der Waals surface area contributed by atoms with Crippen molar-refractivity contribution in [1.82, 2.24) is 9.78 Å². The number of hydrogen-bond donors (Lipinski definition) is 2. The number of amides is 2. The van der Waals surface area contributed by atoms with Crippen LogP contribution in [0, 0.1) is 11.6 Å². The number of ether oxygens (including phenoxy) is 2. The van der Waals surface area contributed by atoms with Crippen molar-refractivity contribution in [2.45, 2.75) is 57.8 Å². The molecule has 2 amide bonds. The molecule has 1 fully saturated rings. The summed E-state index contributed by atoms with van der Waals surface area (Å²) < 4.78 is 39.0. The summed E-state index contributed by atoms with van der Waals surface area (Å²) in [5, 5.41) is 6.14. The number of rotatable bonds is 9. The minimum Gasteiger partial charge on any atom is -0.458 e. The number of carbonyl (C=O) groups excluding carboxylic acids is 3. The fourth-order valence-corrected chi connectivity index (χ4v) is 3.78. The molecule has 3 rings (SSSR count). The highest BCUT2D eigenvalue weighted by molar-refractivity contribution is 6.34. The Morgan fingerprint density at radius 2 is 1.88 bits per heavy atom. The molecule has 1 aliphatic carbocycles. The van der Waals surface area contributed by atoms with Gasteiger partial charge >= 0.3 is 5.97 Å². The van der Waals surface area contributed by atoms with Gasteiger partial charge in [-0.1, -0.05) is 24.9 Å². The lowest BCUT2D eigenvalue weighted by Crippen LogP contribution is -2.31. The summed E-state index contributed by atoms with van der Waals surface area (Å²) in [4.78, 5) is 37.5. The number of hydrogen-bond acceptors (Lipinski definition) is 6. The average Bonchev–Trinajstić information content (AvgIpc) is 3.20. The Hall–Kier alpha value is -3.05. The van der Waals surface area contributed by atoms with Crippen LogP contribution in [0.2, 0.25) is 5.02 Å². The first-order chi connectivity index (χ1) is 16.2. The second-order valence-corrected chi connectivity index (χ2v) is 8.26. The van der Waals surface area contributed by atoms with Gasteiger partial charge in [0.15, 0.2) is 17.3 Å². The number of nitrogens with zero attached hydrogens (tertiary/aromatic N) is 2. The van der Waals surface area contributed by atoms with Crippen LogP contribution in [0.4, 0.5) is 14.6 Å². The molecule has 0 saturated heterocycles. The Bertz CT molecular complexity index is 1070. The third-order valence-corrected chi connectivity index (χ3v) is 5.53. The summed E-state index contributed by atoms with van der Waals surface area (Å²) in [5.74, 6) is -5.25. The molecule has 3 N–H and O–H groups in total. The first-order valence-electron chi connectivity index (χ1n) is 10.9. The van der Waals surface area contributed by atoms with Gasteiger partial charge in [0, 0.05) is 12.7 Å². The quantitative estimate of drug-likeness (QED) is 0.398. The number of nitrogens with two attached hydrogens (primary N) is 1. The molecule has 1 unspecified atom stereocenters. The van der Waals surface area contributed by atoms with E-state index in [0.29, 0.717) is 18.6 Å². The molecule has 1 aromatic carbocycles. The molecule has 2 aromatic rings. The second kappa shape index (κ2) is 11.4. The SMILES string of the molecule is CCCOC(C(N)=O)n1nc(C(=O)OC2CCCCC2)cc1NC(=O)c1cc(F)c(F)cc1Cl. The van der Waals surface area contributed by atoms with Crippen molar-refractivity contribution in [2.75, 3.05) is 11.9 Å². The molecular formula is C22H25ClF2N4O5. The van der Waals surface area contributed by atoms with Crippen LogP contribution in [-0.4, -0.2) is 40.3 Å². The number of carbonyl (C=O) groups is 3. The van der Waals surface area contributed by atoms with Gasteiger partial charge in [-0.15, -0.1) is 0 Å². The number of primary amides is 1. The van der Waals surface area contributed by atoms with Gasteiger partial charge in [-0.2, -0.15) is 5.10 Å². The molecule has 0 spiro atoms. The Labute approximate surface area is 199 Å². The Kier molecular flexibility index (Phi) is 8.56. The lowest BCUT2D eigenvalue weighted by molar-refractivity contribution is -0.136. The third kappa shape index (κ3) is 6.09. The molecular weight excluding hydrogens is 474 g/mol. The van der Waals surface area contributed by atoms with Gasteiger partial charge in [0.2, 0.25) is 6.23 Å². The van der Waals surface area contributed by atoms with Crippen LogP contribution in [0.3, 0.4) is 0 Å². The normalized spacial score (nSPS) is 15.1. The topological polar surface area (TPSA) is 126 Å². The number of anilines is 1. The van der Waals surface area contributed by atoms with Crippen molar-refractivity contribution in [3.63, 3.8) is 0 Å². The number of nitrogens with one attached hydrogen (secondary N) is 1. The van der Waals surface area contributed by atoms with Crippen LogP contribution >= 0.6 is 11.6 Å². The molecule has 0 bridgehead atoms. The number of benzene rings is 1. The van der Waals surface area contributed by atoms with E-state index >= 15 is 0 Å². The minimum absolute atomic E-state index is 0.137. The second-order valence-electron chi connectivity index (χ2n) is 7.85. The molecule has 1 heterocycles. The predicted octanol–water partition coefficient (Wildman–Crippen LogP) is 3.97. The molecule has 1 saturated carbocycles. The van der Waals surface area contributed by atoms with Crippen LogP contribution in [0.15, 0.2) is 18.2 Å². The Morgan fingerprint density at radius 3 is 2.53 bits per heavy atom. The van der Waals surface area contributed by atoms with E-state index in [2.05, 4.69) is 10.4 Å². The van der Waals surface area contributed by atoms with Gasteiger partial charge < -0.3 is 20.5 Å². The maximum absolute atomic E-state index is 13.7. The molecule has 12 heteroatoms. The monoisotopic (exact) mass is 498 g/mol. The summed E-state index contributed by atoms with van der Waals surface area (Å²) in [5.41, 5.74) is 4.89. The van der Waals surface area contributed by atoms with E-state index in [4.69, 9.17) is 26.8 Å². The molecule has 0 aliphatic heterocycles. The number of aromatic nitrogens is 2. The van der Waals surface area contributed by atoms with Gasteiger partial charge in [-0.3, -0.25) is 9.59 Å². The average molecular weight is 499 g/mol. The highest BCUT2D eigenvalue weighted by atomic mass is 35.5. The van der Waals surface area contributed by atoms with E-state index in [-0.39, 0.29) is 34.8 Å². The first-order valence-corrected chi connectivity index (χ1v) is 11.3. The zero-order valence-electron chi connectivity index (χ0n) is 18.5. The van der Waals surface area contributed by atoms with Crippen molar-refractivity contribution >= 4 is 35.2 Å². The fourth-order valence-electron chi connectivity index (χ4n) is 3.54. The summed E-state index contributed by atoms with van der Waals surface area (Å²) in [6.45, 7) is 1.94. The van der Waals surface area contributed by atoms with Crippen molar-refractivity contribution in [3.05, 3.63) is 46.1 Å². The van der Waals surface area contributed by atoms with E-state index in [9.17, 15) is 23.2 Å². The highest BCUT2D eigenvalue weighted by Gasteiger charge is 2.28. The molecule has 1 aromatic heterocycles. The molecule has 184 valence electrons. The maximum atomic E-state index is 13.7. The van der Waals surface area contributed by atoms with Gasteiger partial charge in [-0.05, 0) is 44.2 Å². The van der Waals surface area contributed by atoms with Crippen LogP contribution in [0.1, 0.15) is 72.5 Å². The first kappa shape index (κ1) is 25.6. The molecule has 1 atom stereocenters. The van der Waals surface area contributed by atoms with E-state index in [1.807, 2.05) is 6.92 Å². The van der Waals surface area contributed by atoms with E-state index in [1.54, 1.807) is 0 Å². The van der Waals surface area contributed by atoms with E-state index in [0.717, 1.165) is 36.8 Å². The zero-order valence-corrected chi connectivity index (χ0v) is 19.2. The summed E-state index contributed by atoms with van der Waals surface area (Å²) in [7, 11) is 0. The molecule has 9 nitrogen and oxygen atoms in total. The number of esters is 1. The van der Waals surface area contributed by atoms with Gasteiger partial charge in [0.05, 0.1) is 10.6 Å². The van der Waals surface area contributed by atoms with Crippen molar-refractivity contribution in [2.24, 2.45) is 5.73 Å². The fraction of sp³-hybridized carbons (Fsp3) is 0.455. The zero-order chi connectivity index (χ0) is 24.8. The lowest BCUT2D eigenvalue weighted by Gasteiger charge is -2.21. The highest BCUT2D eigenvalue weighted by Crippen LogP contribution is 2.25. The summed E-state index contributed by atoms with van der Waals surface area (Å²) in [6, 6.07) is 2.47. The lowest BCUT2D eigenvalue weighted by atomic mass is 9.98. The molecule has 34 heavy (non-hydrogen) atoms. The van der Waals surface area contributed by atoms with Gasteiger partial charge in [-0.25, -0.2) is 18.3 Å². The molecule has 1 aliphatic rings.